The van der Waals surface area contributed by atoms with E-state index < -0.39 is 0 Å². The van der Waals surface area contributed by atoms with Gasteiger partial charge in [0, 0.05) is 16.6 Å². The fourth-order valence-electron chi connectivity index (χ4n) is 1.17. The molecule has 0 aliphatic heterocycles. The molecule has 0 bridgehead atoms. The van der Waals surface area contributed by atoms with Gasteiger partial charge < -0.3 is 0 Å². The Hall–Kier alpha value is -0.750. The van der Waals surface area contributed by atoms with E-state index in [-0.39, 0.29) is 6.04 Å². The van der Waals surface area contributed by atoms with Gasteiger partial charge in [-0.05, 0) is 37.7 Å². The predicted octanol–water partition coefficient (Wildman–Crippen LogP) is 3.34. The van der Waals surface area contributed by atoms with Gasteiger partial charge in [0.05, 0.1) is 12.1 Å². The maximum absolute atomic E-state index is 8.76. The molecule has 0 spiro atoms. The van der Waals surface area contributed by atoms with Gasteiger partial charge in [-0.2, -0.15) is 5.26 Å². The first-order valence-electron chi connectivity index (χ1n) is 4.58. The third-order valence-electron chi connectivity index (χ3n) is 2.28. The predicted molar refractivity (Wildman–Crippen MR) is 63.0 cm³/mol. The Balaban J connectivity index is 2.81. The largest absolute Gasteiger partial charge is 0.287 e. The fraction of sp³-hybridized carbons (Fsp3) is 0.364. The maximum atomic E-state index is 8.76. The molecule has 4 heteroatoms. The number of rotatable bonds is 3. The van der Waals surface area contributed by atoms with E-state index in [1.807, 2.05) is 24.9 Å². The Labute approximate surface area is 100 Å². The molecule has 1 atom stereocenters. The summed E-state index contributed by atoms with van der Waals surface area (Å²) in [4.78, 5) is 1.91. The molecule has 0 aliphatic carbocycles. The minimum absolute atomic E-state index is 0.139. The fourth-order valence-corrected chi connectivity index (χ4v) is 1.54. The molecule has 0 radical (unpaired) electrons. The summed E-state index contributed by atoms with van der Waals surface area (Å²) in [6.07, 6.45) is 0. The molecule has 1 aromatic rings. The zero-order valence-corrected chi connectivity index (χ0v) is 10.2. The molecule has 1 rings (SSSR count). The third-order valence-corrected chi connectivity index (χ3v) is 2.88. The van der Waals surface area contributed by atoms with Crippen molar-refractivity contribution in [2.75, 3.05) is 7.05 Å². The summed E-state index contributed by atoms with van der Waals surface area (Å²) in [5, 5.41) is 10.1. The second-order valence-electron chi connectivity index (χ2n) is 3.46. The molecule has 0 aliphatic rings. The van der Waals surface area contributed by atoms with E-state index in [4.69, 9.17) is 28.5 Å². The summed E-state index contributed by atoms with van der Waals surface area (Å²) in [6.45, 7) is 2.46. The lowest BCUT2D eigenvalue weighted by atomic mass is 10.2. The van der Waals surface area contributed by atoms with Crippen LogP contribution in [-0.4, -0.2) is 18.0 Å². The number of nitriles is 1. The quantitative estimate of drug-likeness (QED) is 0.814. The van der Waals surface area contributed by atoms with E-state index in [1.54, 1.807) is 12.1 Å². The number of benzene rings is 1. The molecular formula is C11H12Cl2N2. The first-order chi connectivity index (χ1) is 7.04. The van der Waals surface area contributed by atoms with E-state index in [2.05, 4.69) is 6.07 Å². The molecule has 1 unspecified atom stereocenters. The maximum Gasteiger partial charge on any atom is 0.0949 e. The molecule has 0 saturated carbocycles. The smallest absolute Gasteiger partial charge is 0.0949 e. The normalized spacial score (nSPS) is 12.5. The Kier molecular flexibility index (Phi) is 4.41. The molecule has 0 saturated heterocycles. The van der Waals surface area contributed by atoms with Crippen LogP contribution in [0.2, 0.25) is 10.0 Å². The molecule has 15 heavy (non-hydrogen) atoms. The van der Waals surface area contributed by atoms with Gasteiger partial charge in [0.25, 0.3) is 0 Å². The van der Waals surface area contributed by atoms with Crippen molar-refractivity contribution < 1.29 is 0 Å². The van der Waals surface area contributed by atoms with Crippen molar-refractivity contribution in [2.24, 2.45) is 0 Å². The van der Waals surface area contributed by atoms with Crippen LogP contribution < -0.4 is 0 Å². The number of nitrogens with zero attached hydrogens (tertiary/aromatic N) is 2. The lowest BCUT2D eigenvalue weighted by molar-refractivity contribution is 0.294. The van der Waals surface area contributed by atoms with Gasteiger partial charge in [-0.25, -0.2) is 0 Å². The van der Waals surface area contributed by atoms with Gasteiger partial charge in [0.2, 0.25) is 0 Å². The second-order valence-corrected chi connectivity index (χ2v) is 4.30. The molecule has 0 amide bonds. The van der Waals surface area contributed by atoms with Gasteiger partial charge in [-0.15, -0.1) is 0 Å². The van der Waals surface area contributed by atoms with Crippen LogP contribution in [0.4, 0.5) is 0 Å². The molecule has 0 fully saturated rings. The molecule has 1 aromatic carbocycles. The number of halogens is 2. The summed E-state index contributed by atoms with van der Waals surface area (Å²) in [7, 11) is 1.88. The summed E-state index contributed by atoms with van der Waals surface area (Å²) < 4.78 is 0. The highest BCUT2D eigenvalue weighted by Gasteiger charge is 2.10. The van der Waals surface area contributed by atoms with Gasteiger partial charge in [0.1, 0.15) is 0 Å². The lowest BCUT2D eigenvalue weighted by Gasteiger charge is -2.19. The Morgan fingerprint density at radius 1 is 1.47 bits per heavy atom. The van der Waals surface area contributed by atoms with Gasteiger partial charge in [-0.3, -0.25) is 4.90 Å². The van der Waals surface area contributed by atoms with Crippen LogP contribution in [-0.2, 0) is 6.54 Å². The van der Waals surface area contributed by atoms with Crippen LogP contribution >= 0.6 is 23.2 Å². The van der Waals surface area contributed by atoms with Crippen molar-refractivity contribution in [1.82, 2.24) is 4.90 Å². The van der Waals surface area contributed by atoms with Crippen LogP contribution in [0.25, 0.3) is 0 Å². The highest BCUT2D eigenvalue weighted by atomic mass is 35.5. The van der Waals surface area contributed by atoms with Crippen molar-refractivity contribution in [3.63, 3.8) is 0 Å². The monoisotopic (exact) mass is 242 g/mol. The Morgan fingerprint density at radius 3 is 2.73 bits per heavy atom. The molecule has 0 N–H and O–H groups in total. The van der Waals surface area contributed by atoms with Crippen molar-refractivity contribution in [2.45, 2.75) is 19.5 Å². The van der Waals surface area contributed by atoms with Crippen LogP contribution in [0.5, 0.6) is 0 Å². The van der Waals surface area contributed by atoms with Gasteiger partial charge in [0.15, 0.2) is 0 Å². The Bertz CT molecular complexity index is 385. The van der Waals surface area contributed by atoms with Crippen LogP contribution in [0.1, 0.15) is 12.5 Å². The molecule has 0 heterocycles. The Morgan fingerprint density at radius 2 is 2.13 bits per heavy atom. The summed E-state index contributed by atoms with van der Waals surface area (Å²) in [6, 6.07) is 7.37. The number of hydrogen-bond donors (Lipinski definition) is 0. The second kappa shape index (κ2) is 5.37. The van der Waals surface area contributed by atoms with Gasteiger partial charge >= 0.3 is 0 Å². The van der Waals surface area contributed by atoms with E-state index in [9.17, 15) is 0 Å². The summed E-state index contributed by atoms with van der Waals surface area (Å²) in [5.74, 6) is 0. The van der Waals surface area contributed by atoms with E-state index in [1.165, 1.54) is 0 Å². The molecular weight excluding hydrogens is 231 g/mol. The van der Waals surface area contributed by atoms with Crippen molar-refractivity contribution >= 4 is 23.2 Å². The minimum atomic E-state index is -0.139. The highest BCUT2D eigenvalue weighted by molar-refractivity contribution is 6.33. The average molecular weight is 243 g/mol. The highest BCUT2D eigenvalue weighted by Crippen LogP contribution is 2.22. The van der Waals surface area contributed by atoms with Crippen LogP contribution in [0.15, 0.2) is 18.2 Å². The number of hydrogen-bond acceptors (Lipinski definition) is 2. The van der Waals surface area contributed by atoms with Crippen LogP contribution in [0.3, 0.4) is 0 Å². The zero-order chi connectivity index (χ0) is 11.4. The topological polar surface area (TPSA) is 27.0 Å². The minimum Gasteiger partial charge on any atom is -0.287 e. The van der Waals surface area contributed by atoms with Crippen molar-refractivity contribution in [1.29, 1.82) is 5.26 Å². The summed E-state index contributed by atoms with van der Waals surface area (Å²) in [5.41, 5.74) is 0.939. The SMILES string of the molecule is CC(C#N)N(C)Cc1cc(Cl)ccc1Cl. The van der Waals surface area contributed by atoms with Crippen LogP contribution in [0, 0.1) is 11.3 Å². The summed E-state index contributed by atoms with van der Waals surface area (Å²) >= 11 is 11.9. The molecule has 0 aromatic heterocycles. The first kappa shape index (κ1) is 12.3. The van der Waals surface area contributed by atoms with Gasteiger partial charge in [-0.1, -0.05) is 23.2 Å². The first-order valence-corrected chi connectivity index (χ1v) is 5.34. The average Bonchev–Trinajstić information content (AvgIpc) is 2.22. The lowest BCUT2D eigenvalue weighted by Crippen LogP contribution is -2.27. The third kappa shape index (κ3) is 3.39. The van der Waals surface area contributed by atoms with Crippen molar-refractivity contribution in [3.05, 3.63) is 33.8 Å². The molecule has 2 nitrogen and oxygen atoms in total. The van der Waals surface area contributed by atoms with E-state index in [0.717, 1.165) is 5.56 Å². The standard InChI is InChI=1S/C11H12Cl2N2/c1-8(6-14)15(2)7-9-5-10(12)3-4-11(9)13/h3-5,8H,7H2,1-2H3. The zero-order valence-electron chi connectivity index (χ0n) is 8.67. The van der Waals surface area contributed by atoms with Crippen molar-refractivity contribution in [3.8, 4) is 6.07 Å². The molecule has 80 valence electrons. The van der Waals surface area contributed by atoms with E-state index >= 15 is 0 Å². The van der Waals surface area contributed by atoms with E-state index in [0.29, 0.717) is 16.6 Å².